The fraction of sp³-hybridized carbons (Fsp3) is 0.340. The molecule has 0 fully saturated rings. The molecule has 4 aromatic rings. The zero-order chi connectivity index (χ0) is 44.9. The standard InChI is InChI=1S/C50H59N7O6/c1-5-48(58)61-36-18-14-10-8-12-16-34-57(35-17-13-9-11-15-19-37-62-49(59)6-2)45-29-24-42(25-30-45)53-55-44-28-33-47(39(4)38-44)56-54-41-22-20-40(21-23-41)51-52-43-26-31-46(32-27-43)63-50(60)7-3/h5-7,20-33,38H,1-3,8-19,34-37H2,4H3. The Morgan fingerprint density at radius 2 is 0.857 bits per heavy atom. The van der Waals surface area contributed by atoms with E-state index >= 15 is 0 Å². The number of esters is 3. The summed E-state index contributed by atoms with van der Waals surface area (Å²) >= 11 is 0. The molecule has 0 heterocycles. The minimum Gasteiger partial charge on any atom is -0.463 e. The monoisotopic (exact) mass is 853 g/mol. The molecule has 0 spiro atoms. The number of aryl methyl sites for hydroxylation is 1. The fourth-order valence-electron chi connectivity index (χ4n) is 6.27. The Hall–Kier alpha value is -6.89. The first-order valence-electron chi connectivity index (χ1n) is 21.6. The highest BCUT2D eigenvalue weighted by molar-refractivity contribution is 5.83. The summed E-state index contributed by atoms with van der Waals surface area (Å²) in [5.41, 5.74) is 6.23. The van der Waals surface area contributed by atoms with Crippen molar-refractivity contribution in [1.29, 1.82) is 0 Å². The van der Waals surface area contributed by atoms with E-state index in [4.69, 9.17) is 14.2 Å². The van der Waals surface area contributed by atoms with Gasteiger partial charge in [0.05, 0.1) is 47.3 Å². The van der Waals surface area contributed by atoms with Gasteiger partial charge in [0.15, 0.2) is 0 Å². The second-order valence-electron chi connectivity index (χ2n) is 14.7. The van der Waals surface area contributed by atoms with Gasteiger partial charge in [-0.2, -0.15) is 30.7 Å². The van der Waals surface area contributed by atoms with Gasteiger partial charge in [0, 0.05) is 37.0 Å². The predicted octanol–water partition coefficient (Wildman–Crippen LogP) is 14.3. The highest BCUT2D eigenvalue weighted by Gasteiger charge is 2.08. The van der Waals surface area contributed by atoms with Crippen LogP contribution in [0.2, 0.25) is 0 Å². The summed E-state index contributed by atoms with van der Waals surface area (Å²) in [6.07, 6.45) is 16.4. The molecule has 4 aromatic carbocycles. The van der Waals surface area contributed by atoms with Gasteiger partial charge < -0.3 is 19.1 Å². The quantitative estimate of drug-likeness (QED) is 0.0173. The molecule has 0 amide bonds. The molecular weight excluding hydrogens is 795 g/mol. The van der Waals surface area contributed by atoms with Crippen LogP contribution in [0.15, 0.2) is 160 Å². The number of ether oxygens (including phenoxy) is 3. The highest BCUT2D eigenvalue weighted by atomic mass is 16.5. The van der Waals surface area contributed by atoms with Crippen LogP contribution in [0.4, 0.5) is 39.8 Å². The zero-order valence-corrected chi connectivity index (χ0v) is 36.4. The predicted molar refractivity (Wildman–Crippen MR) is 249 cm³/mol. The van der Waals surface area contributed by atoms with Gasteiger partial charge in [-0.1, -0.05) is 71.1 Å². The minimum atomic E-state index is -0.525. The summed E-state index contributed by atoms with van der Waals surface area (Å²) in [4.78, 5) is 36.3. The largest absolute Gasteiger partial charge is 0.463 e. The van der Waals surface area contributed by atoms with E-state index in [0.29, 0.717) is 36.0 Å². The first-order valence-corrected chi connectivity index (χ1v) is 21.6. The van der Waals surface area contributed by atoms with E-state index in [0.717, 1.165) is 119 Å². The van der Waals surface area contributed by atoms with Gasteiger partial charge in [-0.05, 0) is 129 Å². The van der Waals surface area contributed by atoms with Crippen molar-refractivity contribution in [2.75, 3.05) is 31.2 Å². The van der Waals surface area contributed by atoms with E-state index in [1.54, 1.807) is 36.4 Å². The minimum absolute atomic E-state index is 0.362. The van der Waals surface area contributed by atoms with E-state index < -0.39 is 5.97 Å². The lowest BCUT2D eigenvalue weighted by Crippen LogP contribution is -2.25. The molecule has 0 aromatic heterocycles. The summed E-state index contributed by atoms with van der Waals surface area (Å²) < 4.78 is 15.2. The number of unbranched alkanes of at least 4 members (excludes halogenated alkanes) is 10. The summed E-state index contributed by atoms with van der Waals surface area (Å²) in [5, 5.41) is 26.3. The Morgan fingerprint density at radius 3 is 1.32 bits per heavy atom. The lowest BCUT2D eigenvalue weighted by atomic mass is 10.1. The average molecular weight is 854 g/mol. The number of hydrogen-bond acceptors (Lipinski definition) is 13. The molecule has 4 rings (SSSR count). The third kappa shape index (κ3) is 19.6. The zero-order valence-electron chi connectivity index (χ0n) is 36.4. The molecule has 0 saturated heterocycles. The maximum atomic E-state index is 11.4. The maximum absolute atomic E-state index is 11.4. The number of hydrogen-bond donors (Lipinski definition) is 0. The third-order valence-electron chi connectivity index (χ3n) is 9.77. The normalized spacial score (nSPS) is 11.2. The van der Waals surface area contributed by atoms with Gasteiger partial charge in [-0.15, -0.1) is 0 Å². The Kier molecular flexibility index (Phi) is 22.1. The Bertz CT molecular complexity index is 2110. The number of carbonyl (C=O) groups is 3. The molecule has 0 unspecified atom stereocenters. The maximum Gasteiger partial charge on any atom is 0.335 e. The molecule has 0 aliphatic rings. The third-order valence-corrected chi connectivity index (χ3v) is 9.77. The number of nitrogens with zero attached hydrogens (tertiary/aromatic N) is 7. The number of benzene rings is 4. The van der Waals surface area contributed by atoms with Gasteiger partial charge >= 0.3 is 17.9 Å². The lowest BCUT2D eigenvalue weighted by Gasteiger charge is -2.25. The van der Waals surface area contributed by atoms with E-state index in [9.17, 15) is 14.4 Å². The van der Waals surface area contributed by atoms with Crippen LogP contribution in [-0.4, -0.2) is 44.2 Å². The van der Waals surface area contributed by atoms with Crippen molar-refractivity contribution < 1.29 is 28.6 Å². The average Bonchev–Trinajstić information content (AvgIpc) is 3.31. The van der Waals surface area contributed by atoms with E-state index in [1.807, 2.05) is 49.4 Å². The molecule has 0 radical (unpaired) electrons. The van der Waals surface area contributed by atoms with Crippen molar-refractivity contribution in [3.05, 3.63) is 135 Å². The van der Waals surface area contributed by atoms with Gasteiger partial charge in [0.1, 0.15) is 5.75 Å². The van der Waals surface area contributed by atoms with Crippen LogP contribution in [0.25, 0.3) is 0 Å². The molecule has 13 heteroatoms. The van der Waals surface area contributed by atoms with Crippen molar-refractivity contribution >= 4 is 57.7 Å². The van der Waals surface area contributed by atoms with E-state index in [1.165, 1.54) is 17.8 Å². The summed E-state index contributed by atoms with van der Waals surface area (Å²) in [6, 6.07) is 27.9. The van der Waals surface area contributed by atoms with Gasteiger partial charge in [0.25, 0.3) is 0 Å². The Labute approximate surface area is 371 Å². The van der Waals surface area contributed by atoms with Crippen molar-refractivity contribution in [1.82, 2.24) is 0 Å². The molecule has 13 nitrogen and oxygen atoms in total. The van der Waals surface area contributed by atoms with Crippen molar-refractivity contribution in [3.63, 3.8) is 0 Å². The molecule has 0 saturated carbocycles. The summed E-state index contributed by atoms with van der Waals surface area (Å²) in [6.45, 7) is 15.1. The van der Waals surface area contributed by atoms with Crippen molar-refractivity contribution in [3.8, 4) is 5.75 Å². The number of azo groups is 3. The van der Waals surface area contributed by atoms with Crippen molar-refractivity contribution in [2.45, 2.75) is 84.0 Å². The van der Waals surface area contributed by atoms with Crippen LogP contribution >= 0.6 is 0 Å². The van der Waals surface area contributed by atoms with Crippen LogP contribution in [0.3, 0.4) is 0 Å². The number of carbonyl (C=O) groups excluding carboxylic acids is 3. The fourth-order valence-corrected chi connectivity index (χ4v) is 6.27. The van der Waals surface area contributed by atoms with E-state index in [-0.39, 0.29) is 11.9 Å². The van der Waals surface area contributed by atoms with Gasteiger partial charge in [0.2, 0.25) is 0 Å². The molecule has 330 valence electrons. The van der Waals surface area contributed by atoms with Crippen LogP contribution in [0.5, 0.6) is 5.75 Å². The summed E-state index contributed by atoms with van der Waals surface area (Å²) in [7, 11) is 0. The van der Waals surface area contributed by atoms with Crippen LogP contribution in [0, 0.1) is 6.92 Å². The smallest absolute Gasteiger partial charge is 0.335 e. The Morgan fingerprint density at radius 1 is 0.476 bits per heavy atom. The molecule has 0 atom stereocenters. The van der Waals surface area contributed by atoms with Gasteiger partial charge in [-0.3, -0.25) is 0 Å². The first-order chi connectivity index (χ1) is 30.8. The molecule has 0 aliphatic heterocycles. The number of anilines is 1. The molecular formula is C50H59N7O6. The van der Waals surface area contributed by atoms with Gasteiger partial charge in [-0.25, -0.2) is 14.4 Å². The Balaban J connectivity index is 1.26. The van der Waals surface area contributed by atoms with Crippen LogP contribution < -0.4 is 9.64 Å². The van der Waals surface area contributed by atoms with Crippen LogP contribution in [-0.2, 0) is 23.9 Å². The van der Waals surface area contributed by atoms with E-state index in [2.05, 4.69) is 67.5 Å². The highest BCUT2D eigenvalue weighted by Crippen LogP contribution is 2.29. The van der Waals surface area contributed by atoms with Crippen LogP contribution in [0.1, 0.15) is 82.6 Å². The number of rotatable bonds is 29. The topological polar surface area (TPSA) is 156 Å². The molecule has 0 aliphatic carbocycles. The first kappa shape index (κ1) is 48.8. The SMILES string of the molecule is C=CC(=O)OCCCCCCCCN(CCCCCCCCOC(=O)C=C)c1ccc(N=Nc2ccc(N=Nc3ccc(N=Nc4ccc(OC(=O)C=C)cc4)cc3)c(C)c2)cc1. The second kappa shape index (κ2) is 28.6. The summed E-state index contributed by atoms with van der Waals surface area (Å²) in [5.74, 6) is -0.849. The molecule has 63 heavy (non-hydrogen) atoms. The van der Waals surface area contributed by atoms with Crippen molar-refractivity contribution in [2.24, 2.45) is 30.7 Å². The lowest BCUT2D eigenvalue weighted by molar-refractivity contribution is -0.138. The molecule has 0 N–H and O–H groups in total. The molecule has 0 bridgehead atoms. The second-order valence-corrected chi connectivity index (χ2v) is 14.7.